The van der Waals surface area contributed by atoms with E-state index in [1.807, 2.05) is 26.0 Å². The van der Waals surface area contributed by atoms with E-state index in [4.69, 9.17) is 9.52 Å². The molecule has 1 N–H and O–H groups in total. The molecule has 0 radical (unpaired) electrons. The van der Waals surface area contributed by atoms with Gasteiger partial charge in [0.25, 0.3) is 0 Å². The van der Waals surface area contributed by atoms with Crippen LogP contribution < -0.4 is 0 Å². The van der Waals surface area contributed by atoms with Crippen molar-refractivity contribution >= 4 is 5.97 Å². The molecule has 0 unspecified atom stereocenters. The minimum absolute atomic E-state index is 0.130. The maximum absolute atomic E-state index is 10.3. The Labute approximate surface area is 77.4 Å². The van der Waals surface area contributed by atoms with Crippen molar-refractivity contribution in [2.45, 2.75) is 32.6 Å². The molecule has 0 bridgehead atoms. The fraction of sp³-hybridized carbons (Fsp3) is 0.500. The number of aryl methyl sites for hydroxylation is 1. The van der Waals surface area contributed by atoms with Gasteiger partial charge in [0, 0.05) is 12.3 Å². The molecule has 0 aliphatic carbocycles. The predicted molar refractivity (Wildman–Crippen MR) is 48.8 cm³/mol. The van der Waals surface area contributed by atoms with Gasteiger partial charge in [0.15, 0.2) is 0 Å². The molecule has 0 saturated heterocycles. The molecule has 0 saturated carbocycles. The van der Waals surface area contributed by atoms with Crippen molar-refractivity contribution in [3.8, 4) is 0 Å². The Morgan fingerprint density at radius 1 is 1.54 bits per heavy atom. The lowest BCUT2D eigenvalue weighted by atomic mass is 10.2. The molecular formula is C10H14O3. The average Bonchev–Trinajstić information content (AvgIpc) is 2.48. The van der Waals surface area contributed by atoms with Gasteiger partial charge >= 0.3 is 5.97 Å². The summed E-state index contributed by atoms with van der Waals surface area (Å²) in [5.74, 6) is 1.24. The third-order valence-corrected chi connectivity index (χ3v) is 1.84. The smallest absolute Gasteiger partial charge is 0.303 e. The van der Waals surface area contributed by atoms with Crippen molar-refractivity contribution in [1.29, 1.82) is 0 Å². The molecule has 0 aromatic carbocycles. The van der Waals surface area contributed by atoms with Crippen LogP contribution in [0.4, 0.5) is 0 Å². The Bertz CT molecular complexity index is 286. The van der Waals surface area contributed by atoms with E-state index in [1.165, 1.54) is 0 Å². The number of hydrogen-bond donors (Lipinski definition) is 1. The largest absolute Gasteiger partial charge is 0.481 e. The zero-order valence-electron chi connectivity index (χ0n) is 7.91. The highest BCUT2D eigenvalue weighted by atomic mass is 16.4. The topological polar surface area (TPSA) is 50.4 Å². The molecule has 3 nitrogen and oxygen atoms in total. The van der Waals surface area contributed by atoms with Crippen LogP contribution in [0.1, 0.15) is 37.7 Å². The van der Waals surface area contributed by atoms with Gasteiger partial charge in [-0.05, 0) is 12.1 Å². The molecule has 1 aromatic heterocycles. The Kier molecular flexibility index (Phi) is 3.12. The molecule has 0 spiro atoms. The Hall–Kier alpha value is -1.25. The van der Waals surface area contributed by atoms with Gasteiger partial charge in [0.2, 0.25) is 0 Å². The van der Waals surface area contributed by atoms with Gasteiger partial charge in [-0.1, -0.05) is 13.8 Å². The number of furan rings is 1. The minimum Gasteiger partial charge on any atom is -0.481 e. The van der Waals surface area contributed by atoms with E-state index in [1.54, 1.807) is 0 Å². The normalized spacial score (nSPS) is 10.7. The quantitative estimate of drug-likeness (QED) is 0.777. The summed E-state index contributed by atoms with van der Waals surface area (Å²) in [4.78, 5) is 10.3. The van der Waals surface area contributed by atoms with Crippen molar-refractivity contribution in [3.63, 3.8) is 0 Å². The molecule has 72 valence electrons. The first kappa shape index (κ1) is 9.84. The van der Waals surface area contributed by atoms with Crippen LogP contribution in [0.3, 0.4) is 0 Å². The summed E-state index contributed by atoms with van der Waals surface area (Å²) in [7, 11) is 0. The third kappa shape index (κ3) is 2.93. The second-order valence-electron chi connectivity index (χ2n) is 3.35. The maximum Gasteiger partial charge on any atom is 0.303 e. The van der Waals surface area contributed by atoms with E-state index in [-0.39, 0.29) is 6.42 Å². The zero-order valence-corrected chi connectivity index (χ0v) is 7.91. The van der Waals surface area contributed by atoms with E-state index in [9.17, 15) is 4.79 Å². The van der Waals surface area contributed by atoms with Crippen molar-refractivity contribution in [2.24, 2.45) is 0 Å². The Balaban J connectivity index is 2.54. The summed E-state index contributed by atoms with van der Waals surface area (Å²) in [6, 6.07) is 3.75. The number of rotatable bonds is 4. The number of hydrogen-bond acceptors (Lipinski definition) is 2. The molecule has 0 fully saturated rings. The Morgan fingerprint density at radius 3 is 2.69 bits per heavy atom. The van der Waals surface area contributed by atoms with Crippen molar-refractivity contribution < 1.29 is 14.3 Å². The molecule has 0 atom stereocenters. The number of carboxylic acid groups (broad SMARTS) is 1. The second-order valence-corrected chi connectivity index (χ2v) is 3.35. The van der Waals surface area contributed by atoms with Crippen LogP contribution in [-0.4, -0.2) is 11.1 Å². The SMILES string of the molecule is CC(C)c1ccc(CCC(=O)O)o1. The summed E-state index contributed by atoms with van der Waals surface area (Å²) < 4.78 is 5.43. The summed E-state index contributed by atoms with van der Waals surface area (Å²) in [5.41, 5.74) is 0. The number of carboxylic acids is 1. The lowest BCUT2D eigenvalue weighted by molar-refractivity contribution is -0.137. The molecule has 0 amide bonds. The van der Waals surface area contributed by atoms with E-state index < -0.39 is 5.97 Å². The highest BCUT2D eigenvalue weighted by molar-refractivity contribution is 5.66. The first-order valence-electron chi connectivity index (χ1n) is 4.40. The minimum atomic E-state index is -0.789. The molecule has 1 heterocycles. The molecule has 0 aliphatic rings. The lowest BCUT2D eigenvalue weighted by Gasteiger charge is -1.98. The Morgan fingerprint density at radius 2 is 2.23 bits per heavy atom. The lowest BCUT2D eigenvalue weighted by Crippen LogP contribution is -1.96. The van der Waals surface area contributed by atoms with E-state index in [0.717, 1.165) is 11.5 Å². The van der Waals surface area contributed by atoms with Crippen molar-refractivity contribution in [1.82, 2.24) is 0 Å². The number of carbonyl (C=O) groups is 1. The second kappa shape index (κ2) is 4.12. The molecule has 3 heteroatoms. The van der Waals surface area contributed by atoms with Crippen molar-refractivity contribution in [2.75, 3.05) is 0 Å². The van der Waals surface area contributed by atoms with E-state index in [2.05, 4.69) is 0 Å². The number of aliphatic carboxylic acids is 1. The average molecular weight is 182 g/mol. The first-order chi connectivity index (χ1) is 6.09. The van der Waals surface area contributed by atoms with Crippen LogP contribution >= 0.6 is 0 Å². The molecule has 13 heavy (non-hydrogen) atoms. The summed E-state index contributed by atoms with van der Waals surface area (Å²) in [6.45, 7) is 4.08. The fourth-order valence-corrected chi connectivity index (χ4v) is 1.07. The van der Waals surface area contributed by atoms with E-state index >= 15 is 0 Å². The van der Waals surface area contributed by atoms with Gasteiger partial charge in [-0.25, -0.2) is 0 Å². The summed E-state index contributed by atoms with van der Waals surface area (Å²) in [5, 5.41) is 8.45. The van der Waals surface area contributed by atoms with Crippen LogP contribution in [0.15, 0.2) is 16.5 Å². The molecule has 1 aromatic rings. The van der Waals surface area contributed by atoms with E-state index in [0.29, 0.717) is 12.3 Å². The molecular weight excluding hydrogens is 168 g/mol. The fourth-order valence-electron chi connectivity index (χ4n) is 1.07. The molecule has 1 rings (SSSR count). The van der Waals surface area contributed by atoms with Gasteiger partial charge < -0.3 is 9.52 Å². The highest BCUT2D eigenvalue weighted by Crippen LogP contribution is 2.18. The first-order valence-corrected chi connectivity index (χ1v) is 4.40. The van der Waals surface area contributed by atoms with Crippen LogP contribution in [0.25, 0.3) is 0 Å². The van der Waals surface area contributed by atoms with Crippen LogP contribution in [-0.2, 0) is 11.2 Å². The van der Waals surface area contributed by atoms with Crippen molar-refractivity contribution in [3.05, 3.63) is 23.7 Å². The maximum atomic E-state index is 10.3. The van der Waals surface area contributed by atoms with Gasteiger partial charge in [-0.3, -0.25) is 4.79 Å². The van der Waals surface area contributed by atoms with Crippen LogP contribution in [0.5, 0.6) is 0 Å². The summed E-state index contributed by atoms with van der Waals surface area (Å²) in [6.07, 6.45) is 0.604. The van der Waals surface area contributed by atoms with Gasteiger partial charge in [0.1, 0.15) is 11.5 Å². The monoisotopic (exact) mass is 182 g/mol. The summed E-state index contributed by atoms with van der Waals surface area (Å²) >= 11 is 0. The standard InChI is InChI=1S/C10H14O3/c1-7(2)9-5-3-8(13-9)4-6-10(11)12/h3,5,7H,4,6H2,1-2H3,(H,11,12). The van der Waals surface area contributed by atoms with Gasteiger partial charge in [-0.2, -0.15) is 0 Å². The zero-order chi connectivity index (χ0) is 9.84. The highest BCUT2D eigenvalue weighted by Gasteiger charge is 2.06. The van der Waals surface area contributed by atoms with Gasteiger partial charge in [0.05, 0.1) is 6.42 Å². The van der Waals surface area contributed by atoms with Crippen LogP contribution in [0, 0.1) is 0 Å². The van der Waals surface area contributed by atoms with Crippen LogP contribution in [0.2, 0.25) is 0 Å². The molecule has 0 aliphatic heterocycles. The third-order valence-electron chi connectivity index (χ3n) is 1.84. The van der Waals surface area contributed by atoms with Gasteiger partial charge in [-0.15, -0.1) is 0 Å². The predicted octanol–water partition coefficient (Wildman–Crippen LogP) is 2.42.